The summed E-state index contributed by atoms with van der Waals surface area (Å²) in [6.45, 7) is -0.257. The molecule has 0 aliphatic carbocycles. The molecule has 0 fully saturated rings. The highest BCUT2D eigenvalue weighted by molar-refractivity contribution is 6.35. The number of amides is 1. The first kappa shape index (κ1) is 21.4. The summed E-state index contributed by atoms with van der Waals surface area (Å²) in [5.74, 6) is -0.144. The number of hydrazone groups is 1. The van der Waals surface area contributed by atoms with E-state index in [2.05, 4.69) is 10.5 Å². The van der Waals surface area contributed by atoms with Crippen LogP contribution in [0.15, 0.2) is 77.9 Å². The van der Waals surface area contributed by atoms with Gasteiger partial charge in [-0.25, -0.2) is 10.2 Å². The molecule has 0 unspecified atom stereocenters. The van der Waals surface area contributed by atoms with Crippen molar-refractivity contribution in [2.45, 2.75) is 0 Å². The maximum Gasteiger partial charge on any atom is 0.343 e. The third kappa shape index (κ3) is 6.34. The van der Waals surface area contributed by atoms with Crippen LogP contribution in [0.25, 0.3) is 0 Å². The molecule has 0 heterocycles. The van der Waals surface area contributed by atoms with E-state index in [0.717, 1.165) is 0 Å². The van der Waals surface area contributed by atoms with Crippen molar-refractivity contribution >= 4 is 41.3 Å². The Bertz CT molecular complexity index is 1050. The third-order valence-electron chi connectivity index (χ3n) is 3.76. The highest BCUT2D eigenvalue weighted by Gasteiger charge is 2.08. The molecule has 0 bridgehead atoms. The zero-order valence-electron chi connectivity index (χ0n) is 15.5. The summed E-state index contributed by atoms with van der Waals surface area (Å²) in [4.78, 5) is 23.8. The number of carbonyl (C=O) groups is 2. The van der Waals surface area contributed by atoms with E-state index in [1.54, 1.807) is 60.7 Å². The minimum Gasteiger partial charge on any atom is -0.482 e. The van der Waals surface area contributed by atoms with Crippen molar-refractivity contribution in [3.05, 3.63) is 94.0 Å². The van der Waals surface area contributed by atoms with E-state index < -0.39 is 11.9 Å². The first-order chi connectivity index (χ1) is 14.5. The number of esters is 1. The fourth-order valence-corrected chi connectivity index (χ4v) is 2.77. The van der Waals surface area contributed by atoms with Crippen molar-refractivity contribution in [1.29, 1.82) is 0 Å². The quantitative estimate of drug-likeness (QED) is 0.248. The molecule has 152 valence electrons. The van der Waals surface area contributed by atoms with Crippen LogP contribution in [0, 0.1) is 0 Å². The van der Waals surface area contributed by atoms with Gasteiger partial charge < -0.3 is 9.47 Å². The molecule has 0 aromatic heterocycles. The lowest BCUT2D eigenvalue weighted by atomic mass is 10.2. The van der Waals surface area contributed by atoms with Gasteiger partial charge in [0, 0.05) is 5.02 Å². The van der Waals surface area contributed by atoms with Gasteiger partial charge in [0.2, 0.25) is 0 Å². The first-order valence-electron chi connectivity index (χ1n) is 8.78. The number of halogens is 2. The highest BCUT2D eigenvalue weighted by atomic mass is 35.5. The van der Waals surface area contributed by atoms with E-state index in [4.69, 9.17) is 32.7 Å². The predicted molar refractivity (Wildman–Crippen MR) is 116 cm³/mol. The summed E-state index contributed by atoms with van der Waals surface area (Å²) in [7, 11) is 0. The second kappa shape index (κ2) is 10.4. The predicted octanol–water partition coefficient (Wildman–Crippen LogP) is 4.74. The SMILES string of the molecule is O=C(COc1ccc(Cl)cc1Cl)N/N=C\c1ccc(OC(=O)c2ccccc2)cc1. The van der Waals surface area contributed by atoms with E-state index in [9.17, 15) is 9.59 Å². The van der Waals surface area contributed by atoms with Crippen LogP contribution in [0.4, 0.5) is 0 Å². The Morgan fingerprint density at radius 1 is 0.967 bits per heavy atom. The number of benzene rings is 3. The zero-order valence-corrected chi connectivity index (χ0v) is 17.1. The van der Waals surface area contributed by atoms with Crippen LogP contribution in [0.2, 0.25) is 10.0 Å². The fraction of sp³-hybridized carbons (Fsp3) is 0.0455. The molecular formula is C22H16Cl2N2O4. The van der Waals surface area contributed by atoms with E-state index in [1.165, 1.54) is 12.3 Å². The van der Waals surface area contributed by atoms with Crippen molar-refractivity contribution in [3.8, 4) is 11.5 Å². The topological polar surface area (TPSA) is 77.0 Å². The molecule has 1 amide bonds. The summed E-state index contributed by atoms with van der Waals surface area (Å²) in [6.07, 6.45) is 1.45. The molecule has 0 radical (unpaired) electrons. The van der Waals surface area contributed by atoms with Gasteiger partial charge >= 0.3 is 5.97 Å². The Labute approximate surface area is 183 Å². The number of carbonyl (C=O) groups excluding carboxylic acids is 2. The van der Waals surface area contributed by atoms with Crippen LogP contribution in [0.1, 0.15) is 15.9 Å². The molecule has 0 spiro atoms. The third-order valence-corrected chi connectivity index (χ3v) is 4.29. The minimum atomic E-state index is -0.453. The molecule has 1 N–H and O–H groups in total. The second-order valence-electron chi connectivity index (χ2n) is 5.98. The number of rotatable bonds is 7. The molecule has 3 aromatic carbocycles. The second-order valence-corrected chi connectivity index (χ2v) is 6.82. The maximum absolute atomic E-state index is 12.0. The fourth-order valence-electron chi connectivity index (χ4n) is 2.31. The summed E-state index contributed by atoms with van der Waals surface area (Å²) >= 11 is 11.8. The molecule has 0 saturated carbocycles. The molecule has 8 heteroatoms. The van der Waals surface area contributed by atoms with Crippen LogP contribution in [0.3, 0.4) is 0 Å². The van der Waals surface area contributed by atoms with E-state index in [0.29, 0.717) is 32.7 Å². The van der Waals surface area contributed by atoms with E-state index in [-0.39, 0.29) is 6.61 Å². The van der Waals surface area contributed by atoms with Gasteiger partial charge in [-0.2, -0.15) is 5.10 Å². The molecular weight excluding hydrogens is 427 g/mol. The lowest BCUT2D eigenvalue weighted by molar-refractivity contribution is -0.123. The number of nitrogens with one attached hydrogen (secondary N) is 1. The van der Waals surface area contributed by atoms with Crippen molar-refractivity contribution in [2.24, 2.45) is 5.10 Å². The van der Waals surface area contributed by atoms with Gasteiger partial charge in [-0.05, 0) is 60.2 Å². The van der Waals surface area contributed by atoms with Gasteiger partial charge in [0.25, 0.3) is 5.91 Å². The average molecular weight is 443 g/mol. The normalized spacial score (nSPS) is 10.6. The summed E-state index contributed by atoms with van der Waals surface area (Å²) in [5.41, 5.74) is 3.52. The van der Waals surface area contributed by atoms with E-state index in [1.807, 2.05) is 6.07 Å². The van der Waals surface area contributed by atoms with Crippen molar-refractivity contribution in [1.82, 2.24) is 5.43 Å². The Balaban J connectivity index is 1.46. The first-order valence-corrected chi connectivity index (χ1v) is 9.54. The molecule has 6 nitrogen and oxygen atoms in total. The summed E-state index contributed by atoms with van der Waals surface area (Å²) in [5, 5.41) is 4.65. The molecule has 30 heavy (non-hydrogen) atoms. The maximum atomic E-state index is 12.0. The van der Waals surface area contributed by atoms with Crippen LogP contribution in [-0.2, 0) is 4.79 Å². The summed E-state index contributed by atoms with van der Waals surface area (Å²) < 4.78 is 10.6. The number of hydrogen-bond donors (Lipinski definition) is 1. The largest absolute Gasteiger partial charge is 0.482 e. The Morgan fingerprint density at radius 3 is 2.40 bits per heavy atom. The van der Waals surface area contributed by atoms with Crippen molar-refractivity contribution in [3.63, 3.8) is 0 Å². The highest BCUT2D eigenvalue weighted by Crippen LogP contribution is 2.27. The molecule has 0 aliphatic rings. The summed E-state index contributed by atoms with van der Waals surface area (Å²) in [6, 6.07) is 20.1. The molecule has 0 aliphatic heterocycles. The average Bonchev–Trinajstić information content (AvgIpc) is 2.75. The van der Waals surface area contributed by atoms with Gasteiger partial charge in [0.05, 0.1) is 16.8 Å². The Kier molecular flexibility index (Phi) is 7.43. The Morgan fingerprint density at radius 2 is 1.70 bits per heavy atom. The van der Waals surface area contributed by atoms with Crippen LogP contribution in [0.5, 0.6) is 11.5 Å². The standard InChI is InChI=1S/C22H16Cl2N2O4/c23-17-8-11-20(19(24)12-17)29-14-21(27)26-25-13-15-6-9-18(10-7-15)30-22(28)16-4-2-1-3-5-16/h1-13H,14H2,(H,26,27)/b25-13-. The van der Waals surface area contributed by atoms with E-state index >= 15 is 0 Å². The minimum absolute atomic E-state index is 0.257. The monoisotopic (exact) mass is 442 g/mol. The van der Waals surface area contributed by atoms with Crippen molar-refractivity contribution < 1.29 is 19.1 Å². The Hall–Kier alpha value is -3.35. The lowest BCUT2D eigenvalue weighted by Crippen LogP contribution is -2.24. The van der Waals surface area contributed by atoms with Gasteiger partial charge in [-0.3, -0.25) is 4.79 Å². The lowest BCUT2D eigenvalue weighted by Gasteiger charge is -2.07. The van der Waals surface area contributed by atoms with Gasteiger partial charge in [-0.15, -0.1) is 0 Å². The number of nitrogens with zero attached hydrogens (tertiary/aromatic N) is 1. The van der Waals surface area contributed by atoms with Crippen LogP contribution in [-0.4, -0.2) is 24.7 Å². The molecule has 3 aromatic rings. The smallest absolute Gasteiger partial charge is 0.343 e. The van der Waals surface area contributed by atoms with Gasteiger partial charge in [0.15, 0.2) is 6.61 Å². The molecule has 0 saturated heterocycles. The van der Waals surface area contributed by atoms with Crippen LogP contribution < -0.4 is 14.9 Å². The number of ether oxygens (including phenoxy) is 2. The van der Waals surface area contributed by atoms with Gasteiger partial charge in [-0.1, -0.05) is 41.4 Å². The number of hydrogen-bond acceptors (Lipinski definition) is 5. The molecule has 3 rings (SSSR count). The van der Waals surface area contributed by atoms with Crippen molar-refractivity contribution in [2.75, 3.05) is 6.61 Å². The molecule has 0 atom stereocenters. The van der Waals surface area contributed by atoms with Crippen LogP contribution >= 0.6 is 23.2 Å². The van der Waals surface area contributed by atoms with Gasteiger partial charge in [0.1, 0.15) is 11.5 Å². The zero-order chi connectivity index (χ0) is 21.3.